The monoisotopic (exact) mass is 640 g/mol. The Labute approximate surface area is 272 Å². The molecule has 0 amide bonds. The topological polar surface area (TPSA) is 186 Å². The summed E-state index contributed by atoms with van der Waals surface area (Å²) in [6.45, 7) is 5.48. The first kappa shape index (κ1) is 31.6. The van der Waals surface area contributed by atoms with Gasteiger partial charge in [0.05, 0.1) is 17.2 Å². The molecule has 0 saturated carbocycles. The van der Waals surface area contributed by atoms with Crippen molar-refractivity contribution < 1.29 is 9.63 Å². The number of nitrogens with one attached hydrogen (secondary N) is 3. The zero-order valence-electron chi connectivity index (χ0n) is 26.4. The van der Waals surface area contributed by atoms with E-state index in [0.717, 1.165) is 66.8 Å². The molecule has 1 saturated heterocycles. The Morgan fingerprint density at radius 2 is 2.11 bits per heavy atom. The molecule has 0 radical (unpaired) electrons. The lowest BCUT2D eigenvalue weighted by Gasteiger charge is -2.22. The Hall–Kier alpha value is -4.38. The number of nitriles is 1. The van der Waals surface area contributed by atoms with Crippen molar-refractivity contribution in [2.45, 2.75) is 76.9 Å². The molecule has 1 fully saturated rings. The molecule has 6 N–H and O–H groups in total. The Morgan fingerprint density at radius 1 is 1.28 bits per heavy atom. The molecule has 2 aliphatic rings. The van der Waals surface area contributed by atoms with Gasteiger partial charge in [0, 0.05) is 46.9 Å². The average Bonchev–Trinajstić information content (AvgIpc) is 3.75. The number of nitrogen functional groups attached to an aromatic ring is 1. The van der Waals surface area contributed by atoms with Crippen molar-refractivity contribution in [2.24, 2.45) is 0 Å². The Bertz CT molecular complexity index is 1770. The van der Waals surface area contributed by atoms with Crippen molar-refractivity contribution in [1.82, 2.24) is 25.0 Å². The standard InChI is InChI=1S/C33H40N10O2S/c1-4-8-22-27(42-45-28(22)21-10-5-12-25-26(21)23(15-34)29(36)46-25)33-40-31(38-17-19-9-7-14-43(19)3)24(16-35)32(41-33)39-30-20(18(2)44)11-6-13-37-30/h6,11,13,16,18-19,21,35,44H,4-5,7-10,12,14,17,36H2,1-3H3,(H2,37,38,39,40,41). The summed E-state index contributed by atoms with van der Waals surface area (Å²) in [4.78, 5) is 17.8. The smallest absolute Gasteiger partial charge is 0.186 e. The van der Waals surface area contributed by atoms with Crippen LogP contribution in [0.3, 0.4) is 0 Å². The second kappa shape index (κ2) is 13.5. The zero-order valence-corrected chi connectivity index (χ0v) is 27.2. The fourth-order valence-corrected chi connectivity index (χ4v) is 7.81. The van der Waals surface area contributed by atoms with Gasteiger partial charge in [0.25, 0.3) is 0 Å². The third-order valence-corrected chi connectivity index (χ3v) is 10.1. The van der Waals surface area contributed by atoms with Crippen molar-refractivity contribution >= 4 is 40.0 Å². The Balaban J connectivity index is 1.47. The SMILES string of the molecule is CCCc1c(-c2nc(NCC3CCCN3C)c(C=N)c(Nc3ncccc3C(C)O)n2)noc1C1CCCc2sc(N)c(C#N)c21. The number of hydrogen-bond acceptors (Lipinski definition) is 13. The highest BCUT2D eigenvalue weighted by Gasteiger charge is 2.35. The number of likely N-dealkylation sites (N-methyl/N-ethyl adjacent to an activating group) is 1. The van der Waals surface area contributed by atoms with E-state index in [-0.39, 0.29) is 5.92 Å². The van der Waals surface area contributed by atoms with Gasteiger partial charge in [-0.05, 0) is 70.7 Å². The molecule has 240 valence electrons. The number of aliphatic hydroxyl groups excluding tert-OH is 1. The van der Waals surface area contributed by atoms with E-state index in [0.29, 0.717) is 69.7 Å². The van der Waals surface area contributed by atoms with Gasteiger partial charge >= 0.3 is 0 Å². The van der Waals surface area contributed by atoms with E-state index in [1.165, 1.54) is 17.6 Å². The molecule has 5 heterocycles. The number of aromatic nitrogens is 4. The van der Waals surface area contributed by atoms with Gasteiger partial charge in [0.15, 0.2) is 11.5 Å². The molecule has 13 heteroatoms. The van der Waals surface area contributed by atoms with Crippen LogP contribution in [0.25, 0.3) is 11.5 Å². The van der Waals surface area contributed by atoms with Crippen LogP contribution in [-0.4, -0.2) is 62.5 Å². The number of nitrogens with zero attached hydrogens (tertiary/aromatic N) is 6. The number of pyridine rings is 1. The molecule has 1 aliphatic heterocycles. The van der Waals surface area contributed by atoms with Gasteiger partial charge in [-0.3, -0.25) is 0 Å². The maximum absolute atomic E-state index is 10.4. The summed E-state index contributed by atoms with van der Waals surface area (Å²) in [5, 5.41) is 40.7. The van der Waals surface area contributed by atoms with Crippen LogP contribution < -0.4 is 16.4 Å². The summed E-state index contributed by atoms with van der Waals surface area (Å²) < 4.78 is 6.16. The number of hydrogen-bond donors (Lipinski definition) is 5. The molecule has 3 atom stereocenters. The summed E-state index contributed by atoms with van der Waals surface area (Å²) in [5.74, 6) is 2.25. The van der Waals surface area contributed by atoms with E-state index in [1.54, 1.807) is 25.3 Å². The van der Waals surface area contributed by atoms with E-state index < -0.39 is 6.10 Å². The fourth-order valence-electron chi connectivity index (χ4n) is 6.68. The van der Waals surface area contributed by atoms with E-state index in [1.807, 2.05) is 0 Å². The number of thiophene rings is 1. The highest BCUT2D eigenvalue weighted by molar-refractivity contribution is 7.16. The molecule has 0 bridgehead atoms. The molecule has 4 aromatic heterocycles. The molecule has 3 unspecified atom stereocenters. The molecule has 6 rings (SSSR count). The highest BCUT2D eigenvalue weighted by Crippen LogP contribution is 2.47. The zero-order chi connectivity index (χ0) is 32.4. The lowest BCUT2D eigenvalue weighted by atomic mass is 9.81. The van der Waals surface area contributed by atoms with E-state index >= 15 is 0 Å². The summed E-state index contributed by atoms with van der Waals surface area (Å²) in [5.41, 5.74) is 10.3. The molecule has 12 nitrogen and oxygen atoms in total. The fraction of sp³-hybridized carbons (Fsp3) is 0.455. The van der Waals surface area contributed by atoms with Crippen molar-refractivity contribution in [2.75, 3.05) is 36.5 Å². The molecule has 0 aromatic carbocycles. The normalized spacial score (nSPS) is 18.6. The van der Waals surface area contributed by atoms with Gasteiger partial charge in [-0.2, -0.15) is 5.26 Å². The number of aliphatic hydroxyl groups is 1. The van der Waals surface area contributed by atoms with E-state index in [4.69, 9.17) is 25.6 Å². The van der Waals surface area contributed by atoms with Gasteiger partial charge in [0.2, 0.25) is 0 Å². The quantitative estimate of drug-likeness (QED) is 0.125. The summed E-state index contributed by atoms with van der Waals surface area (Å²) in [6.07, 6.45) is 8.52. The van der Waals surface area contributed by atoms with Crippen molar-refractivity contribution in [3.8, 4) is 17.6 Å². The molecule has 0 spiro atoms. The van der Waals surface area contributed by atoms with Crippen LogP contribution in [0.5, 0.6) is 0 Å². The van der Waals surface area contributed by atoms with Crippen LogP contribution in [0.4, 0.5) is 22.5 Å². The lowest BCUT2D eigenvalue weighted by molar-refractivity contribution is 0.199. The van der Waals surface area contributed by atoms with Crippen LogP contribution in [0.15, 0.2) is 22.9 Å². The average molecular weight is 641 g/mol. The van der Waals surface area contributed by atoms with Crippen molar-refractivity contribution in [3.63, 3.8) is 0 Å². The number of aryl methyl sites for hydroxylation is 1. The first-order valence-electron chi connectivity index (χ1n) is 15.9. The second-order valence-electron chi connectivity index (χ2n) is 12.1. The predicted molar refractivity (Wildman–Crippen MR) is 180 cm³/mol. The third-order valence-electron chi connectivity index (χ3n) is 9.05. The lowest BCUT2D eigenvalue weighted by Crippen LogP contribution is -2.32. The number of likely N-dealkylation sites (tertiary alicyclic amines) is 1. The number of nitrogens with two attached hydrogens (primary N) is 1. The van der Waals surface area contributed by atoms with Crippen LogP contribution >= 0.6 is 11.3 Å². The number of rotatable bonds is 11. The number of anilines is 4. The minimum absolute atomic E-state index is 0.134. The van der Waals surface area contributed by atoms with E-state index in [9.17, 15) is 10.4 Å². The minimum Gasteiger partial charge on any atom is -0.389 e. The Kier molecular flexibility index (Phi) is 9.30. The van der Waals surface area contributed by atoms with Crippen molar-refractivity contribution in [3.05, 3.63) is 56.8 Å². The van der Waals surface area contributed by atoms with Gasteiger partial charge in [-0.25, -0.2) is 15.0 Å². The van der Waals surface area contributed by atoms with Crippen LogP contribution in [0, 0.1) is 16.7 Å². The van der Waals surface area contributed by atoms with Gasteiger partial charge in [-0.1, -0.05) is 24.6 Å². The third kappa shape index (κ3) is 5.95. The summed E-state index contributed by atoms with van der Waals surface area (Å²) in [6, 6.07) is 6.24. The molecular weight excluding hydrogens is 600 g/mol. The first-order valence-corrected chi connectivity index (χ1v) is 16.7. The van der Waals surface area contributed by atoms with Crippen molar-refractivity contribution in [1.29, 1.82) is 10.7 Å². The summed E-state index contributed by atoms with van der Waals surface area (Å²) >= 11 is 1.49. The van der Waals surface area contributed by atoms with Gasteiger partial charge in [0.1, 0.15) is 34.3 Å². The summed E-state index contributed by atoms with van der Waals surface area (Å²) in [7, 11) is 2.12. The predicted octanol–water partition coefficient (Wildman–Crippen LogP) is 5.76. The van der Waals surface area contributed by atoms with Crippen LogP contribution in [-0.2, 0) is 12.8 Å². The Morgan fingerprint density at radius 3 is 2.83 bits per heavy atom. The first-order chi connectivity index (χ1) is 22.3. The van der Waals surface area contributed by atoms with Gasteiger partial charge in [-0.15, -0.1) is 11.3 Å². The maximum atomic E-state index is 10.4. The molecule has 4 aromatic rings. The van der Waals surface area contributed by atoms with Crippen LogP contribution in [0.1, 0.15) is 96.4 Å². The van der Waals surface area contributed by atoms with E-state index in [2.05, 4.69) is 45.7 Å². The van der Waals surface area contributed by atoms with Gasteiger partial charge < -0.3 is 36.3 Å². The highest BCUT2D eigenvalue weighted by atomic mass is 32.1. The second-order valence-corrected chi connectivity index (χ2v) is 13.2. The molecule has 1 aliphatic carbocycles. The maximum Gasteiger partial charge on any atom is 0.186 e. The molecular formula is C33H40N10O2S. The largest absolute Gasteiger partial charge is 0.389 e. The minimum atomic E-state index is -0.768. The van der Waals surface area contributed by atoms with Crippen LogP contribution in [0.2, 0.25) is 0 Å². The number of fused-ring (bicyclic) bond motifs is 1. The molecule has 46 heavy (non-hydrogen) atoms.